The van der Waals surface area contributed by atoms with Crippen molar-refractivity contribution in [2.45, 2.75) is 30.7 Å². The van der Waals surface area contributed by atoms with E-state index in [2.05, 4.69) is 15.0 Å². The fourth-order valence-corrected chi connectivity index (χ4v) is 4.23. The Morgan fingerprint density at radius 3 is 2.67 bits per heavy atom. The number of rotatable bonds is 5. The number of hydrogen-bond donors (Lipinski definition) is 2. The van der Waals surface area contributed by atoms with Crippen LogP contribution >= 0.6 is 0 Å². The highest BCUT2D eigenvalue weighted by Crippen LogP contribution is 2.25. The number of carbonyl (C=O) groups is 1. The Hall–Kier alpha value is -2.77. The first-order valence-electron chi connectivity index (χ1n) is 8.72. The molecule has 6 nitrogen and oxygen atoms in total. The molecule has 0 unspecified atom stereocenters. The van der Waals surface area contributed by atoms with Crippen molar-refractivity contribution in [2.24, 2.45) is 0 Å². The van der Waals surface area contributed by atoms with E-state index in [-0.39, 0.29) is 16.8 Å². The SMILES string of the molecule is Cc1ccc(S(=O)(=O)NC2CC2)cc1C(=O)Nc1cccc2cccnc12. The van der Waals surface area contributed by atoms with Crippen LogP contribution in [0.3, 0.4) is 0 Å². The van der Waals surface area contributed by atoms with Crippen molar-refractivity contribution in [3.8, 4) is 0 Å². The van der Waals surface area contributed by atoms with Crippen molar-refractivity contribution in [2.75, 3.05) is 5.32 Å². The first-order valence-corrected chi connectivity index (χ1v) is 10.2. The van der Waals surface area contributed by atoms with Crippen molar-refractivity contribution in [3.05, 3.63) is 65.9 Å². The van der Waals surface area contributed by atoms with Crippen molar-refractivity contribution in [3.63, 3.8) is 0 Å². The Morgan fingerprint density at radius 2 is 1.89 bits per heavy atom. The Morgan fingerprint density at radius 1 is 1.11 bits per heavy atom. The van der Waals surface area contributed by atoms with Gasteiger partial charge in [-0.1, -0.05) is 24.3 Å². The van der Waals surface area contributed by atoms with Crippen molar-refractivity contribution in [1.82, 2.24) is 9.71 Å². The van der Waals surface area contributed by atoms with Gasteiger partial charge in [-0.3, -0.25) is 9.78 Å². The monoisotopic (exact) mass is 381 g/mol. The number of fused-ring (bicyclic) bond motifs is 1. The topological polar surface area (TPSA) is 88.2 Å². The molecule has 138 valence electrons. The number of sulfonamides is 1. The summed E-state index contributed by atoms with van der Waals surface area (Å²) in [5.74, 6) is -0.367. The lowest BCUT2D eigenvalue weighted by molar-refractivity contribution is 0.102. The summed E-state index contributed by atoms with van der Waals surface area (Å²) < 4.78 is 27.5. The number of nitrogens with one attached hydrogen (secondary N) is 2. The van der Waals surface area contributed by atoms with E-state index >= 15 is 0 Å². The average Bonchev–Trinajstić information content (AvgIpc) is 3.45. The number of pyridine rings is 1. The molecular weight excluding hydrogens is 362 g/mol. The normalized spacial score (nSPS) is 14.3. The zero-order valence-electron chi connectivity index (χ0n) is 14.8. The van der Waals surface area contributed by atoms with Crippen LogP contribution in [0.1, 0.15) is 28.8 Å². The molecule has 1 saturated carbocycles. The van der Waals surface area contributed by atoms with Crippen LogP contribution in [-0.2, 0) is 10.0 Å². The van der Waals surface area contributed by atoms with E-state index in [1.165, 1.54) is 12.1 Å². The summed E-state index contributed by atoms with van der Waals surface area (Å²) in [6, 6.07) is 13.9. The number of carbonyl (C=O) groups excluding carboxylic acids is 1. The standard InChI is InChI=1S/C20H19N3O3S/c1-13-7-10-16(27(25,26)23-15-8-9-15)12-17(13)20(24)22-18-6-2-4-14-5-3-11-21-19(14)18/h2-7,10-12,15,23H,8-9H2,1H3,(H,22,24). The minimum atomic E-state index is -3.62. The maximum absolute atomic E-state index is 12.8. The van der Waals surface area contributed by atoms with E-state index in [4.69, 9.17) is 0 Å². The quantitative estimate of drug-likeness (QED) is 0.710. The van der Waals surface area contributed by atoms with Crippen LogP contribution in [-0.4, -0.2) is 25.4 Å². The van der Waals surface area contributed by atoms with Crippen LogP contribution in [0.2, 0.25) is 0 Å². The number of aryl methyl sites for hydroxylation is 1. The highest BCUT2D eigenvalue weighted by molar-refractivity contribution is 7.89. The van der Waals surface area contributed by atoms with Gasteiger partial charge in [0.1, 0.15) is 0 Å². The van der Waals surface area contributed by atoms with Gasteiger partial charge in [-0.15, -0.1) is 0 Å². The van der Waals surface area contributed by atoms with E-state index in [1.807, 2.05) is 24.3 Å². The number of hydrogen-bond acceptors (Lipinski definition) is 4. The van der Waals surface area contributed by atoms with Crippen LogP contribution in [0.15, 0.2) is 59.6 Å². The molecule has 0 spiro atoms. The predicted molar refractivity (Wildman–Crippen MR) is 104 cm³/mol. The summed E-state index contributed by atoms with van der Waals surface area (Å²) in [4.78, 5) is 17.3. The van der Waals surface area contributed by atoms with Crippen molar-refractivity contribution < 1.29 is 13.2 Å². The van der Waals surface area contributed by atoms with Gasteiger partial charge in [0.15, 0.2) is 0 Å². The minimum Gasteiger partial charge on any atom is -0.320 e. The number of benzene rings is 2. The van der Waals surface area contributed by atoms with Gasteiger partial charge in [-0.25, -0.2) is 13.1 Å². The zero-order valence-corrected chi connectivity index (χ0v) is 15.6. The van der Waals surface area contributed by atoms with E-state index in [1.54, 1.807) is 25.3 Å². The molecule has 3 aromatic rings. The number of anilines is 1. The molecule has 2 N–H and O–H groups in total. The summed E-state index contributed by atoms with van der Waals surface area (Å²) in [5.41, 5.74) is 2.29. The lowest BCUT2D eigenvalue weighted by atomic mass is 10.1. The number of para-hydroxylation sites is 1. The van der Waals surface area contributed by atoms with E-state index in [9.17, 15) is 13.2 Å². The van der Waals surface area contributed by atoms with Gasteiger partial charge in [0.05, 0.1) is 16.1 Å². The molecule has 4 rings (SSSR count). The maximum Gasteiger partial charge on any atom is 0.256 e. The molecule has 0 radical (unpaired) electrons. The molecular formula is C20H19N3O3S. The molecule has 0 saturated heterocycles. The summed E-state index contributed by atoms with van der Waals surface area (Å²) >= 11 is 0. The fourth-order valence-electron chi connectivity index (χ4n) is 2.90. The Bertz CT molecular complexity index is 1130. The summed E-state index contributed by atoms with van der Waals surface area (Å²) in [7, 11) is -3.62. The summed E-state index contributed by atoms with van der Waals surface area (Å²) in [5, 5.41) is 3.77. The second kappa shape index (κ2) is 6.75. The zero-order chi connectivity index (χ0) is 19.0. The summed E-state index contributed by atoms with van der Waals surface area (Å²) in [6.45, 7) is 1.78. The molecule has 1 aliphatic carbocycles. The second-order valence-electron chi connectivity index (χ2n) is 6.71. The van der Waals surface area contributed by atoms with Gasteiger partial charge < -0.3 is 5.32 Å². The molecule has 7 heteroatoms. The van der Waals surface area contributed by atoms with E-state index in [0.29, 0.717) is 22.3 Å². The molecule has 1 aromatic heterocycles. The van der Waals surface area contributed by atoms with Crippen LogP contribution < -0.4 is 10.0 Å². The van der Waals surface area contributed by atoms with Crippen LogP contribution in [0.25, 0.3) is 10.9 Å². The van der Waals surface area contributed by atoms with E-state index < -0.39 is 10.0 Å². The Balaban J connectivity index is 1.66. The van der Waals surface area contributed by atoms with Gasteiger partial charge in [0, 0.05) is 23.2 Å². The van der Waals surface area contributed by atoms with Crippen molar-refractivity contribution in [1.29, 1.82) is 0 Å². The smallest absolute Gasteiger partial charge is 0.256 e. The molecule has 1 aliphatic rings. The van der Waals surface area contributed by atoms with Crippen LogP contribution in [0.5, 0.6) is 0 Å². The minimum absolute atomic E-state index is 0.00957. The molecule has 0 aliphatic heterocycles. The average molecular weight is 381 g/mol. The lowest BCUT2D eigenvalue weighted by Crippen LogP contribution is -2.26. The third-order valence-electron chi connectivity index (χ3n) is 4.54. The first kappa shape index (κ1) is 17.6. The summed E-state index contributed by atoms with van der Waals surface area (Å²) in [6.07, 6.45) is 3.37. The highest BCUT2D eigenvalue weighted by atomic mass is 32.2. The molecule has 27 heavy (non-hydrogen) atoms. The van der Waals surface area contributed by atoms with Gasteiger partial charge >= 0.3 is 0 Å². The second-order valence-corrected chi connectivity index (χ2v) is 8.42. The van der Waals surface area contributed by atoms with E-state index in [0.717, 1.165) is 18.2 Å². The molecule has 0 atom stereocenters. The third kappa shape index (κ3) is 3.70. The largest absolute Gasteiger partial charge is 0.320 e. The Labute approximate surface area is 157 Å². The number of amides is 1. The molecule has 1 fully saturated rings. The van der Waals surface area contributed by atoms with Gasteiger partial charge in [-0.2, -0.15) is 0 Å². The first-order chi connectivity index (χ1) is 12.9. The molecule has 0 bridgehead atoms. The number of aromatic nitrogens is 1. The van der Waals surface area contributed by atoms with Crippen LogP contribution in [0, 0.1) is 6.92 Å². The Kier molecular flexibility index (Phi) is 4.41. The molecule has 1 heterocycles. The predicted octanol–water partition coefficient (Wildman–Crippen LogP) is 3.24. The van der Waals surface area contributed by atoms with Gasteiger partial charge in [0.25, 0.3) is 5.91 Å². The lowest BCUT2D eigenvalue weighted by Gasteiger charge is -2.12. The third-order valence-corrected chi connectivity index (χ3v) is 6.06. The molecule has 1 amide bonds. The van der Waals surface area contributed by atoms with Crippen molar-refractivity contribution >= 4 is 32.5 Å². The van der Waals surface area contributed by atoms with Crippen LogP contribution in [0.4, 0.5) is 5.69 Å². The fraction of sp³-hybridized carbons (Fsp3) is 0.200. The van der Waals surface area contributed by atoms with Gasteiger partial charge in [0.2, 0.25) is 10.0 Å². The molecule has 2 aromatic carbocycles. The maximum atomic E-state index is 12.8. The number of nitrogens with zero attached hydrogens (tertiary/aromatic N) is 1. The highest BCUT2D eigenvalue weighted by Gasteiger charge is 2.28. The van der Waals surface area contributed by atoms with Gasteiger partial charge in [-0.05, 0) is 49.6 Å².